The van der Waals surface area contributed by atoms with Gasteiger partial charge in [-0.05, 0) is 36.8 Å². The third kappa shape index (κ3) is 4.74. The monoisotopic (exact) mass is 314 g/mol. The van der Waals surface area contributed by atoms with Crippen molar-refractivity contribution in [3.63, 3.8) is 0 Å². The van der Waals surface area contributed by atoms with Crippen molar-refractivity contribution in [3.05, 3.63) is 60.2 Å². The molecule has 6 nitrogen and oxygen atoms in total. The fourth-order valence-corrected chi connectivity index (χ4v) is 2.03. The molecule has 0 spiro atoms. The van der Waals surface area contributed by atoms with E-state index in [1.54, 1.807) is 31.2 Å². The summed E-state index contributed by atoms with van der Waals surface area (Å²) in [5, 5.41) is 0. The number of nitrogens with two attached hydrogens (primary N) is 1. The van der Waals surface area contributed by atoms with Crippen molar-refractivity contribution in [1.82, 2.24) is 0 Å². The highest BCUT2D eigenvalue weighted by molar-refractivity contribution is 5.87. The summed E-state index contributed by atoms with van der Waals surface area (Å²) in [7, 11) is 0. The van der Waals surface area contributed by atoms with Crippen LogP contribution in [0, 0.1) is 0 Å². The Morgan fingerprint density at radius 3 is 2.26 bits per heavy atom. The van der Waals surface area contributed by atoms with Crippen LogP contribution in [0.3, 0.4) is 0 Å². The second kappa shape index (κ2) is 7.84. The summed E-state index contributed by atoms with van der Waals surface area (Å²) in [6, 6.07) is 16.0. The molecule has 0 aromatic heterocycles. The Hall–Kier alpha value is -3.02. The lowest BCUT2D eigenvalue weighted by Gasteiger charge is -2.22. The zero-order valence-electron chi connectivity index (χ0n) is 12.8. The second-order valence-corrected chi connectivity index (χ2v) is 4.69. The predicted octanol–water partition coefficient (Wildman–Crippen LogP) is 3.31. The van der Waals surface area contributed by atoms with E-state index in [9.17, 15) is 9.59 Å². The van der Waals surface area contributed by atoms with Gasteiger partial charge in [-0.25, -0.2) is 9.59 Å². The number of benzene rings is 2. The quantitative estimate of drug-likeness (QED) is 0.918. The minimum absolute atomic E-state index is 0.299. The smallest absolute Gasteiger partial charge is 0.414 e. The van der Waals surface area contributed by atoms with Gasteiger partial charge in [0.2, 0.25) is 0 Å². The first-order chi connectivity index (χ1) is 11.1. The lowest BCUT2D eigenvalue weighted by atomic mass is 10.2. The fourth-order valence-electron chi connectivity index (χ4n) is 2.03. The highest BCUT2D eigenvalue weighted by Crippen LogP contribution is 2.20. The molecule has 0 saturated carbocycles. The first-order valence-corrected chi connectivity index (χ1v) is 7.15. The maximum atomic E-state index is 12.2. The first kappa shape index (κ1) is 16.4. The Bertz CT molecular complexity index is 656. The lowest BCUT2D eigenvalue weighted by Crippen LogP contribution is -2.31. The molecule has 0 bridgehead atoms. The Balaban J connectivity index is 2.17. The van der Waals surface area contributed by atoms with Crippen LogP contribution in [0.5, 0.6) is 5.75 Å². The molecule has 0 aliphatic rings. The zero-order chi connectivity index (χ0) is 16.7. The average molecular weight is 314 g/mol. The third-order valence-electron chi connectivity index (χ3n) is 3.04. The number of hydrogen-bond donors (Lipinski definition) is 1. The third-order valence-corrected chi connectivity index (χ3v) is 3.04. The van der Waals surface area contributed by atoms with Gasteiger partial charge in [-0.15, -0.1) is 0 Å². The standard InChI is InChI=1S/C17H18N2O4/c1-2-22-17(21)19(14-6-4-3-5-7-14)12-13-8-10-15(11-9-13)23-16(18)20/h3-11H,2,12H2,1H3,(H2,18,20). The highest BCUT2D eigenvalue weighted by Gasteiger charge is 2.17. The number of rotatable bonds is 5. The van der Waals surface area contributed by atoms with Crippen LogP contribution in [0.15, 0.2) is 54.6 Å². The molecule has 0 atom stereocenters. The molecule has 0 radical (unpaired) electrons. The summed E-state index contributed by atoms with van der Waals surface area (Å²) in [6.07, 6.45) is -1.29. The van der Waals surface area contributed by atoms with Crippen LogP contribution < -0.4 is 15.4 Å². The number of hydrogen-bond acceptors (Lipinski definition) is 4. The maximum absolute atomic E-state index is 12.2. The predicted molar refractivity (Wildman–Crippen MR) is 86.3 cm³/mol. The molecular weight excluding hydrogens is 296 g/mol. The van der Waals surface area contributed by atoms with Crippen LogP contribution in [0.2, 0.25) is 0 Å². The number of carbonyl (C=O) groups is 2. The first-order valence-electron chi connectivity index (χ1n) is 7.15. The Morgan fingerprint density at radius 2 is 1.70 bits per heavy atom. The van der Waals surface area contributed by atoms with Crippen LogP contribution in [-0.4, -0.2) is 18.8 Å². The van der Waals surface area contributed by atoms with Crippen molar-refractivity contribution in [2.75, 3.05) is 11.5 Å². The van der Waals surface area contributed by atoms with Crippen LogP contribution in [-0.2, 0) is 11.3 Å². The summed E-state index contributed by atoms with van der Waals surface area (Å²) in [5.41, 5.74) is 6.56. The molecule has 2 N–H and O–H groups in total. The van der Waals surface area contributed by atoms with Gasteiger partial charge in [0.1, 0.15) is 5.75 Å². The fraction of sp³-hybridized carbons (Fsp3) is 0.176. The maximum Gasteiger partial charge on any atom is 0.414 e. The molecule has 23 heavy (non-hydrogen) atoms. The van der Waals surface area contributed by atoms with E-state index in [-0.39, 0.29) is 0 Å². The molecule has 0 aliphatic heterocycles. The van der Waals surface area contributed by atoms with Gasteiger partial charge in [-0.3, -0.25) is 4.90 Å². The van der Waals surface area contributed by atoms with Gasteiger partial charge in [-0.2, -0.15) is 0 Å². The number of primary amides is 1. The largest absolute Gasteiger partial charge is 0.449 e. The molecule has 2 aromatic carbocycles. The van der Waals surface area contributed by atoms with E-state index in [2.05, 4.69) is 0 Å². The summed E-state index contributed by atoms with van der Waals surface area (Å²) >= 11 is 0. The number of carbonyl (C=O) groups excluding carboxylic acids is 2. The van der Waals surface area contributed by atoms with E-state index < -0.39 is 12.2 Å². The summed E-state index contributed by atoms with van der Waals surface area (Å²) in [5.74, 6) is 0.351. The average Bonchev–Trinajstić information content (AvgIpc) is 2.54. The molecule has 120 valence electrons. The lowest BCUT2D eigenvalue weighted by molar-refractivity contribution is 0.159. The Kier molecular flexibility index (Phi) is 5.57. The number of anilines is 1. The topological polar surface area (TPSA) is 81.9 Å². The van der Waals surface area contributed by atoms with Crippen molar-refractivity contribution in [3.8, 4) is 5.75 Å². The van der Waals surface area contributed by atoms with E-state index >= 15 is 0 Å². The molecule has 0 aliphatic carbocycles. The summed E-state index contributed by atoms with van der Waals surface area (Å²) in [6.45, 7) is 2.39. The van der Waals surface area contributed by atoms with Crippen LogP contribution >= 0.6 is 0 Å². The minimum Gasteiger partial charge on any atom is -0.449 e. The second-order valence-electron chi connectivity index (χ2n) is 4.69. The van der Waals surface area contributed by atoms with Gasteiger partial charge in [0.15, 0.2) is 0 Å². The summed E-state index contributed by atoms with van der Waals surface area (Å²) in [4.78, 5) is 24.4. The zero-order valence-corrected chi connectivity index (χ0v) is 12.8. The molecule has 6 heteroatoms. The SMILES string of the molecule is CCOC(=O)N(Cc1ccc(OC(N)=O)cc1)c1ccccc1. The molecule has 0 heterocycles. The van der Waals surface area contributed by atoms with Crippen molar-refractivity contribution in [1.29, 1.82) is 0 Å². The van der Waals surface area contributed by atoms with E-state index in [0.29, 0.717) is 18.9 Å². The van der Waals surface area contributed by atoms with Gasteiger partial charge in [0.05, 0.1) is 13.2 Å². The molecule has 2 amide bonds. The minimum atomic E-state index is -0.866. The highest BCUT2D eigenvalue weighted by atomic mass is 16.6. The van der Waals surface area contributed by atoms with Crippen molar-refractivity contribution >= 4 is 17.9 Å². The Labute approximate surface area is 134 Å². The van der Waals surface area contributed by atoms with Gasteiger partial charge in [-0.1, -0.05) is 30.3 Å². The molecule has 0 fully saturated rings. The van der Waals surface area contributed by atoms with Gasteiger partial charge < -0.3 is 15.2 Å². The molecule has 2 rings (SSSR count). The van der Waals surface area contributed by atoms with Crippen LogP contribution in [0.25, 0.3) is 0 Å². The van der Waals surface area contributed by atoms with Gasteiger partial charge in [0.25, 0.3) is 0 Å². The van der Waals surface area contributed by atoms with E-state index in [0.717, 1.165) is 11.3 Å². The molecule has 2 aromatic rings. The van der Waals surface area contributed by atoms with Crippen molar-refractivity contribution < 1.29 is 19.1 Å². The Morgan fingerprint density at radius 1 is 1.04 bits per heavy atom. The number of ether oxygens (including phenoxy) is 2. The van der Waals surface area contributed by atoms with Gasteiger partial charge in [0, 0.05) is 5.69 Å². The molecular formula is C17H18N2O4. The number of para-hydroxylation sites is 1. The number of nitrogens with zero attached hydrogens (tertiary/aromatic N) is 1. The van der Waals surface area contributed by atoms with Gasteiger partial charge >= 0.3 is 12.2 Å². The number of amides is 2. The van der Waals surface area contributed by atoms with Crippen molar-refractivity contribution in [2.45, 2.75) is 13.5 Å². The van der Waals surface area contributed by atoms with E-state index in [1.165, 1.54) is 4.90 Å². The van der Waals surface area contributed by atoms with Crippen LogP contribution in [0.1, 0.15) is 12.5 Å². The van der Waals surface area contributed by atoms with E-state index in [1.807, 2.05) is 30.3 Å². The van der Waals surface area contributed by atoms with E-state index in [4.69, 9.17) is 15.2 Å². The van der Waals surface area contributed by atoms with Crippen molar-refractivity contribution in [2.24, 2.45) is 5.73 Å². The molecule has 0 saturated heterocycles. The molecule has 0 unspecified atom stereocenters. The summed E-state index contributed by atoms with van der Waals surface area (Å²) < 4.78 is 9.89. The van der Waals surface area contributed by atoms with Crippen LogP contribution in [0.4, 0.5) is 15.3 Å². The normalized spacial score (nSPS) is 9.96.